The van der Waals surface area contributed by atoms with Crippen LogP contribution in [-0.4, -0.2) is 34.6 Å². The van der Waals surface area contributed by atoms with Crippen LogP contribution in [-0.2, 0) is 9.59 Å². The van der Waals surface area contributed by atoms with Crippen molar-refractivity contribution in [2.24, 2.45) is 0 Å². The van der Waals surface area contributed by atoms with Gasteiger partial charge in [0.05, 0.1) is 11.0 Å². The fraction of sp³-hybridized carbons (Fsp3) is 0.273. The second-order valence-corrected chi connectivity index (χ2v) is 3.66. The highest BCUT2D eigenvalue weighted by molar-refractivity contribution is 5.82. The van der Waals surface area contributed by atoms with Crippen molar-refractivity contribution in [1.29, 1.82) is 0 Å². The predicted molar refractivity (Wildman–Crippen MR) is 63.8 cm³/mol. The molecule has 0 saturated carbocycles. The van der Waals surface area contributed by atoms with Gasteiger partial charge in [0.1, 0.15) is 12.4 Å². The van der Waals surface area contributed by atoms with Crippen LogP contribution < -0.4 is 10.1 Å². The summed E-state index contributed by atoms with van der Waals surface area (Å²) in [5.41, 5.74) is -0.163. The summed E-state index contributed by atoms with van der Waals surface area (Å²) in [6.07, 6.45) is 0. The summed E-state index contributed by atoms with van der Waals surface area (Å²) in [7, 11) is 0. The molecule has 8 nitrogen and oxygen atoms in total. The van der Waals surface area contributed by atoms with Crippen LogP contribution in [0, 0.1) is 10.1 Å². The molecule has 0 saturated heterocycles. The summed E-state index contributed by atoms with van der Waals surface area (Å²) in [4.78, 5) is 31.6. The second kappa shape index (κ2) is 6.34. The van der Waals surface area contributed by atoms with Gasteiger partial charge in [0.25, 0.3) is 5.69 Å². The molecule has 1 aromatic rings. The Bertz CT molecular complexity index is 502. The summed E-state index contributed by atoms with van der Waals surface area (Å²) in [5, 5.41) is 21.6. The van der Waals surface area contributed by atoms with Gasteiger partial charge in [-0.1, -0.05) is 6.07 Å². The van der Waals surface area contributed by atoms with Crippen molar-refractivity contribution in [1.82, 2.24) is 5.32 Å². The predicted octanol–water partition coefficient (Wildman–Crippen LogP) is 0.563. The Balaban J connectivity index is 2.68. The van der Waals surface area contributed by atoms with E-state index in [1.807, 2.05) is 0 Å². The zero-order valence-electron chi connectivity index (χ0n) is 10.0. The number of carbonyl (C=O) groups excluding carboxylic acids is 1. The van der Waals surface area contributed by atoms with Crippen LogP contribution in [0.2, 0.25) is 0 Å². The maximum atomic E-state index is 10.8. The van der Waals surface area contributed by atoms with Crippen LogP contribution in [0.1, 0.15) is 6.92 Å². The van der Waals surface area contributed by atoms with Gasteiger partial charge in [-0.25, -0.2) is 4.79 Å². The molecule has 0 aromatic heterocycles. The molecule has 0 bridgehead atoms. The Kier molecular flexibility index (Phi) is 4.81. The topological polar surface area (TPSA) is 119 Å². The van der Waals surface area contributed by atoms with Gasteiger partial charge in [0.2, 0.25) is 5.91 Å². The number of amides is 1. The summed E-state index contributed by atoms with van der Waals surface area (Å²) < 4.78 is 5.12. The highest BCUT2D eigenvalue weighted by Gasteiger charge is 2.19. The van der Waals surface area contributed by atoms with Crippen molar-refractivity contribution in [3.05, 3.63) is 34.4 Å². The Hall–Kier alpha value is -2.64. The van der Waals surface area contributed by atoms with Gasteiger partial charge in [0, 0.05) is 13.0 Å². The summed E-state index contributed by atoms with van der Waals surface area (Å²) in [6, 6.07) is 4.13. The van der Waals surface area contributed by atoms with Gasteiger partial charge >= 0.3 is 5.97 Å². The maximum Gasteiger partial charge on any atom is 0.329 e. The first kappa shape index (κ1) is 14.4. The van der Waals surface area contributed by atoms with E-state index >= 15 is 0 Å². The zero-order valence-corrected chi connectivity index (χ0v) is 10.0. The van der Waals surface area contributed by atoms with E-state index in [1.54, 1.807) is 0 Å². The fourth-order valence-corrected chi connectivity index (χ4v) is 1.29. The quantitative estimate of drug-likeness (QED) is 0.574. The number of nitrogens with zero attached hydrogens (tertiary/aromatic N) is 1. The first-order chi connectivity index (χ1) is 8.90. The molecule has 1 amide bonds. The van der Waals surface area contributed by atoms with Crippen LogP contribution in [0.3, 0.4) is 0 Å². The third-order valence-electron chi connectivity index (χ3n) is 2.12. The molecule has 0 fully saturated rings. The smallest absolute Gasteiger partial charge is 0.329 e. The minimum atomic E-state index is -1.25. The molecule has 1 aromatic carbocycles. The number of hydrogen-bond donors (Lipinski definition) is 2. The molecule has 2 N–H and O–H groups in total. The summed E-state index contributed by atoms with van der Waals surface area (Å²) in [6.45, 7) is 0.860. The molecule has 0 aliphatic heterocycles. The fourth-order valence-electron chi connectivity index (χ4n) is 1.29. The Morgan fingerprint density at radius 3 is 2.74 bits per heavy atom. The number of rotatable bonds is 6. The highest BCUT2D eigenvalue weighted by Crippen LogP contribution is 2.19. The van der Waals surface area contributed by atoms with E-state index in [4.69, 9.17) is 9.84 Å². The first-order valence-corrected chi connectivity index (χ1v) is 5.27. The lowest BCUT2D eigenvalue weighted by atomic mass is 10.3. The molecule has 0 spiro atoms. The van der Waals surface area contributed by atoms with Crippen molar-refractivity contribution < 1.29 is 24.4 Å². The lowest BCUT2D eigenvalue weighted by Gasteiger charge is -2.14. The number of nitrogens with one attached hydrogen (secondary N) is 1. The van der Waals surface area contributed by atoms with Gasteiger partial charge in [0.15, 0.2) is 6.04 Å². The number of carbonyl (C=O) groups is 2. The van der Waals surface area contributed by atoms with E-state index < -0.39 is 22.8 Å². The Morgan fingerprint density at radius 2 is 2.21 bits per heavy atom. The molecule has 1 rings (SSSR count). The SMILES string of the molecule is CC(=O)NC(COc1cccc([N+](=O)[O-])c1)C(=O)O. The molecular formula is C11H12N2O6. The number of non-ortho nitro benzene ring substituents is 1. The number of nitro benzene ring substituents is 1. The van der Waals surface area contributed by atoms with Gasteiger partial charge in [-0.2, -0.15) is 0 Å². The van der Waals surface area contributed by atoms with Crippen molar-refractivity contribution in [2.45, 2.75) is 13.0 Å². The molecular weight excluding hydrogens is 256 g/mol. The molecule has 1 unspecified atom stereocenters. The molecule has 0 aliphatic carbocycles. The summed E-state index contributed by atoms with van der Waals surface area (Å²) in [5.74, 6) is -1.60. The van der Waals surface area contributed by atoms with Gasteiger partial charge in [-0.05, 0) is 6.07 Å². The average Bonchev–Trinajstić information content (AvgIpc) is 2.34. The zero-order chi connectivity index (χ0) is 14.4. The van der Waals surface area contributed by atoms with E-state index in [0.717, 1.165) is 0 Å². The van der Waals surface area contributed by atoms with E-state index in [-0.39, 0.29) is 18.0 Å². The molecule has 19 heavy (non-hydrogen) atoms. The van der Waals surface area contributed by atoms with Gasteiger partial charge in [-0.15, -0.1) is 0 Å². The van der Waals surface area contributed by atoms with E-state index in [1.165, 1.54) is 31.2 Å². The normalized spacial score (nSPS) is 11.4. The number of carboxylic acid groups (broad SMARTS) is 1. The van der Waals surface area contributed by atoms with Crippen LogP contribution in [0.5, 0.6) is 5.75 Å². The molecule has 1 atom stereocenters. The minimum absolute atomic E-state index is 0.158. The molecule has 0 heterocycles. The Morgan fingerprint density at radius 1 is 1.53 bits per heavy atom. The lowest BCUT2D eigenvalue weighted by molar-refractivity contribution is -0.384. The average molecular weight is 268 g/mol. The standard InChI is InChI=1S/C11H12N2O6/c1-7(14)12-10(11(15)16)6-19-9-4-2-3-8(5-9)13(17)18/h2-5,10H,6H2,1H3,(H,12,14)(H,15,16). The number of benzene rings is 1. The van der Waals surface area contributed by atoms with Crippen LogP contribution in [0.4, 0.5) is 5.69 Å². The van der Waals surface area contributed by atoms with Crippen LogP contribution in [0.25, 0.3) is 0 Å². The van der Waals surface area contributed by atoms with Crippen LogP contribution >= 0.6 is 0 Å². The largest absolute Gasteiger partial charge is 0.491 e. The third kappa shape index (κ3) is 4.62. The van der Waals surface area contributed by atoms with Crippen molar-refractivity contribution in [3.8, 4) is 5.75 Å². The van der Waals surface area contributed by atoms with Crippen molar-refractivity contribution in [3.63, 3.8) is 0 Å². The number of nitro groups is 1. The lowest BCUT2D eigenvalue weighted by Crippen LogP contribution is -2.43. The molecule has 102 valence electrons. The van der Waals surface area contributed by atoms with E-state index in [9.17, 15) is 19.7 Å². The van der Waals surface area contributed by atoms with Crippen molar-refractivity contribution in [2.75, 3.05) is 6.61 Å². The monoisotopic (exact) mass is 268 g/mol. The van der Waals surface area contributed by atoms with E-state index in [0.29, 0.717) is 0 Å². The Labute approximate surface area is 108 Å². The number of carboxylic acids is 1. The van der Waals surface area contributed by atoms with Gasteiger partial charge in [-0.3, -0.25) is 14.9 Å². The molecule has 0 aliphatic rings. The third-order valence-corrected chi connectivity index (χ3v) is 2.12. The van der Waals surface area contributed by atoms with Crippen molar-refractivity contribution >= 4 is 17.6 Å². The van der Waals surface area contributed by atoms with Gasteiger partial charge < -0.3 is 15.2 Å². The minimum Gasteiger partial charge on any atom is -0.491 e. The first-order valence-electron chi connectivity index (χ1n) is 5.27. The number of ether oxygens (including phenoxy) is 1. The van der Waals surface area contributed by atoms with Crippen LogP contribution in [0.15, 0.2) is 24.3 Å². The highest BCUT2D eigenvalue weighted by atomic mass is 16.6. The maximum absolute atomic E-state index is 10.8. The number of aliphatic carboxylic acids is 1. The summed E-state index contributed by atoms with van der Waals surface area (Å²) >= 11 is 0. The second-order valence-electron chi connectivity index (χ2n) is 3.66. The number of hydrogen-bond acceptors (Lipinski definition) is 5. The molecule has 0 radical (unpaired) electrons. The van der Waals surface area contributed by atoms with E-state index in [2.05, 4.69) is 5.32 Å². The molecule has 8 heteroatoms.